The molecule has 1 amide bonds. The molecule has 0 radical (unpaired) electrons. The third kappa shape index (κ3) is 4.80. The van der Waals surface area contributed by atoms with Crippen LogP contribution < -0.4 is 5.73 Å². The van der Waals surface area contributed by atoms with Gasteiger partial charge in [0.2, 0.25) is 0 Å². The predicted octanol–water partition coefficient (Wildman–Crippen LogP) is 3.07. The minimum atomic E-state index is -0.586. The molecular weight excluding hydrogens is 364 g/mol. The third-order valence-corrected chi connectivity index (χ3v) is 4.33. The van der Waals surface area contributed by atoms with E-state index >= 15 is 0 Å². The number of amides is 1. The van der Waals surface area contributed by atoms with Gasteiger partial charge in [-0.2, -0.15) is 5.10 Å². The summed E-state index contributed by atoms with van der Waals surface area (Å²) in [5.41, 5.74) is 8.80. The first kappa shape index (κ1) is 18.8. The molecule has 2 N–H and O–H groups in total. The average molecular weight is 383 g/mol. The van der Waals surface area contributed by atoms with Crippen molar-refractivity contribution in [3.05, 3.63) is 76.3 Å². The first-order valence-corrected chi connectivity index (χ1v) is 8.88. The Hall–Kier alpha value is -2.99. The molecule has 3 rings (SSSR count). The number of nitrogens with zero attached hydrogens (tertiary/aromatic N) is 3. The van der Waals surface area contributed by atoms with Gasteiger partial charge in [-0.3, -0.25) is 14.6 Å². The van der Waals surface area contributed by atoms with E-state index in [4.69, 9.17) is 17.3 Å². The topological polar surface area (TPSA) is 90.9 Å². The number of aryl methyl sites for hydroxylation is 2. The lowest BCUT2D eigenvalue weighted by atomic mass is 10.1. The molecule has 0 atom stereocenters. The summed E-state index contributed by atoms with van der Waals surface area (Å²) >= 11 is 6.07. The Morgan fingerprint density at radius 3 is 2.67 bits per heavy atom. The SMILES string of the molecule is Cc1cc(CCC(=O)Cc2ccc(C(N)=O)nc2)n(-c2cccc(Cl)c2)n1. The highest BCUT2D eigenvalue weighted by atomic mass is 35.5. The maximum absolute atomic E-state index is 12.3. The van der Waals surface area contributed by atoms with Gasteiger partial charge in [0.15, 0.2) is 0 Å². The lowest BCUT2D eigenvalue weighted by Crippen LogP contribution is -2.13. The van der Waals surface area contributed by atoms with Crippen LogP contribution >= 0.6 is 11.6 Å². The van der Waals surface area contributed by atoms with Crippen molar-refractivity contribution in [3.8, 4) is 5.69 Å². The van der Waals surface area contributed by atoms with E-state index in [2.05, 4.69) is 10.1 Å². The molecule has 0 spiro atoms. The molecule has 1 aromatic carbocycles. The summed E-state index contributed by atoms with van der Waals surface area (Å²) in [6.07, 6.45) is 2.72. The van der Waals surface area contributed by atoms with Crippen molar-refractivity contribution in [2.45, 2.75) is 26.2 Å². The number of Topliss-reactive ketones (excluding diaryl/α,β-unsaturated/α-hetero) is 1. The van der Waals surface area contributed by atoms with Gasteiger partial charge in [0.25, 0.3) is 5.91 Å². The molecule has 0 fully saturated rings. The summed E-state index contributed by atoms with van der Waals surface area (Å²) in [6, 6.07) is 12.6. The van der Waals surface area contributed by atoms with Gasteiger partial charge in [0, 0.05) is 29.8 Å². The second kappa shape index (κ2) is 8.14. The number of ketones is 1. The van der Waals surface area contributed by atoms with Crippen LogP contribution in [0.5, 0.6) is 0 Å². The van der Waals surface area contributed by atoms with Crippen LogP contribution in [0.15, 0.2) is 48.7 Å². The third-order valence-electron chi connectivity index (χ3n) is 4.10. The van der Waals surface area contributed by atoms with Gasteiger partial charge in [0.1, 0.15) is 11.5 Å². The van der Waals surface area contributed by atoms with Crippen LogP contribution in [0, 0.1) is 6.92 Å². The zero-order valence-corrected chi connectivity index (χ0v) is 15.6. The van der Waals surface area contributed by atoms with Crippen molar-refractivity contribution in [1.82, 2.24) is 14.8 Å². The van der Waals surface area contributed by atoms with Gasteiger partial charge in [-0.05, 0) is 49.2 Å². The number of pyridine rings is 1. The Balaban J connectivity index is 1.66. The van der Waals surface area contributed by atoms with E-state index < -0.39 is 5.91 Å². The van der Waals surface area contributed by atoms with Gasteiger partial charge in [-0.15, -0.1) is 0 Å². The van der Waals surface area contributed by atoms with Crippen LogP contribution in [0.1, 0.15) is 33.9 Å². The minimum absolute atomic E-state index is 0.0834. The van der Waals surface area contributed by atoms with E-state index in [0.717, 1.165) is 22.6 Å². The summed E-state index contributed by atoms with van der Waals surface area (Å²) in [7, 11) is 0. The van der Waals surface area contributed by atoms with Crippen molar-refractivity contribution in [2.75, 3.05) is 0 Å². The van der Waals surface area contributed by atoms with Gasteiger partial charge < -0.3 is 5.73 Å². The highest BCUT2D eigenvalue weighted by Gasteiger charge is 2.12. The van der Waals surface area contributed by atoms with Crippen molar-refractivity contribution in [2.24, 2.45) is 5.73 Å². The molecular formula is C20H19ClN4O2. The normalized spacial score (nSPS) is 10.7. The van der Waals surface area contributed by atoms with E-state index in [9.17, 15) is 9.59 Å². The quantitative estimate of drug-likeness (QED) is 0.679. The first-order chi connectivity index (χ1) is 12.9. The Morgan fingerprint density at radius 1 is 1.19 bits per heavy atom. The maximum atomic E-state index is 12.3. The number of aromatic nitrogens is 3. The van der Waals surface area contributed by atoms with E-state index in [-0.39, 0.29) is 17.9 Å². The second-order valence-electron chi connectivity index (χ2n) is 6.30. The van der Waals surface area contributed by atoms with Crippen LogP contribution in [0.25, 0.3) is 5.69 Å². The van der Waals surface area contributed by atoms with E-state index in [1.165, 1.54) is 12.3 Å². The largest absolute Gasteiger partial charge is 0.364 e. The Labute approximate surface area is 162 Å². The maximum Gasteiger partial charge on any atom is 0.267 e. The molecule has 27 heavy (non-hydrogen) atoms. The van der Waals surface area contributed by atoms with Crippen molar-refractivity contribution in [3.63, 3.8) is 0 Å². The number of hydrogen-bond donors (Lipinski definition) is 1. The Kier molecular flexibility index (Phi) is 5.66. The molecule has 3 aromatic rings. The zero-order chi connectivity index (χ0) is 19.4. The molecule has 138 valence electrons. The van der Waals surface area contributed by atoms with Crippen molar-refractivity contribution >= 4 is 23.3 Å². The lowest BCUT2D eigenvalue weighted by Gasteiger charge is -2.08. The molecule has 0 saturated heterocycles. The van der Waals surface area contributed by atoms with E-state index in [1.54, 1.807) is 6.07 Å². The Morgan fingerprint density at radius 2 is 2.00 bits per heavy atom. The molecule has 0 aliphatic rings. The molecule has 0 saturated carbocycles. The fraction of sp³-hybridized carbons (Fsp3) is 0.200. The fourth-order valence-electron chi connectivity index (χ4n) is 2.82. The monoisotopic (exact) mass is 382 g/mol. The molecule has 6 nitrogen and oxygen atoms in total. The lowest BCUT2D eigenvalue weighted by molar-refractivity contribution is -0.118. The smallest absolute Gasteiger partial charge is 0.267 e. The summed E-state index contributed by atoms with van der Waals surface area (Å²) in [6.45, 7) is 1.92. The summed E-state index contributed by atoms with van der Waals surface area (Å²) in [5, 5.41) is 5.14. The van der Waals surface area contributed by atoms with E-state index in [0.29, 0.717) is 17.9 Å². The van der Waals surface area contributed by atoms with Crippen LogP contribution in [-0.4, -0.2) is 26.5 Å². The number of primary amides is 1. The molecule has 0 aliphatic carbocycles. The number of nitrogens with two attached hydrogens (primary N) is 1. The second-order valence-corrected chi connectivity index (χ2v) is 6.74. The fourth-order valence-corrected chi connectivity index (χ4v) is 3.01. The highest BCUT2D eigenvalue weighted by Crippen LogP contribution is 2.18. The Bertz CT molecular complexity index is 980. The van der Waals surface area contributed by atoms with Gasteiger partial charge in [0.05, 0.1) is 11.4 Å². The van der Waals surface area contributed by atoms with Gasteiger partial charge in [-0.1, -0.05) is 23.7 Å². The summed E-state index contributed by atoms with van der Waals surface area (Å²) < 4.78 is 1.82. The van der Waals surface area contributed by atoms with Crippen LogP contribution in [0.2, 0.25) is 5.02 Å². The first-order valence-electron chi connectivity index (χ1n) is 8.50. The molecule has 2 heterocycles. The summed E-state index contributed by atoms with van der Waals surface area (Å²) in [4.78, 5) is 27.3. The average Bonchev–Trinajstić information content (AvgIpc) is 3.01. The number of carbonyl (C=O) groups is 2. The van der Waals surface area contributed by atoms with Gasteiger partial charge in [-0.25, -0.2) is 4.68 Å². The van der Waals surface area contributed by atoms with Crippen molar-refractivity contribution in [1.29, 1.82) is 0 Å². The van der Waals surface area contributed by atoms with Crippen LogP contribution in [0.3, 0.4) is 0 Å². The van der Waals surface area contributed by atoms with Crippen LogP contribution in [0.4, 0.5) is 0 Å². The number of halogens is 1. The van der Waals surface area contributed by atoms with E-state index in [1.807, 2.05) is 41.9 Å². The number of hydrogen-bond acceptors (Lipinski definition) is 4. The molecule has 0 unspecified atom stereocenters. The molecule has 0 aliphatic heterocycles. The standard InChI is InChI=1S/C20H19ClN4O2/c1-13-9-17(25(24-13)16-4-2-3-15(21)11-16)6-7-18(26)10-14-5-8-19(20(22)27)23-12-14/h2-5,8-9,11-12H,6-7,10H2,1H3,(H2,22,27). The molecule has 2 aromatic heterocycles. The number of rotatable bonds is 7. The van der Waals surface area contributed by atoms with Crippen LogP contribution in [-0.2, 0) is 17.6 Å². The number of carbonyl (C=O) groups excluding carboxylic acids is 2. The number of benzene rings is 1. The highest BCUT2D eigenvalue weighted by molar-refractivity contribution is 6.30. The predicted molar refractivity (Wildman–Crippen MR) is 103 cm³/mol. The molecule has 0 bridgehead atoms. The van der Waals surface area contributed by atoms with Gasteiger partial charge >= 0.3 is 0 Å². The molecule has 7 heteroatoms. The minimum Gasteiger partial charge on any atom is -0.364 e. The van der Waals surface area contributed by atoms with Crippen molar-refractivity contribution < 1.29 is 9.59 Å². The zero-order valence-electron chi connectivity index (χ0n) is 14.9. The summed E-state index contributed by atoms with van der Waals surface area (Å²) in [5.74, 6) is -0.502.